The van der Waals surface area contributed by atoms with E-state index in [9.17, 15) is 35.5 Å². The van der Waals surface area contributed by atoms with Crippen LogP contribution >= 0.6 is 0 Å². The van der Waals surface area contributed by atoms with Gasteiger partial charge in [-0.05, 0) is 13.3 Å². The smallest absolute Gasteiger partial charge is 0.299 e. The maximum atomic E-state index is 14.5. The summed E-state index contributed by atoms with van der Waals surface area (Å²) in [4.78, 5) is 11.3. The Hall–Kier alpha value is -0.820. The van der Waals surface area contributed by atoms with Crippen LogP contribution in [0.2, 0.25) is 0 Å². The van der Waals surface area contributed by atoms with Gasteiger partial charge in [-0.15, -0.1) is 0 Å². The Morgan fingerprint density at radius 1 is 0.947 bits per heavy atom. The van der Waals surface area contributed by atoms with Gasteiger partial charge in [0.05, 0.1) is 5.92 Å². The van der Waals surface area contributed by atoms with Gasteiger partial charge in [0.2, 0.25) is 17.0 Å². The first-order chi connectivity index (χ1) is 8.37. The second kappa shape index (κ2) is 2.79. The van der Waals surface area contributed by atoms with Gasteiger partial charge in [-0.25, -0.2) is 13.2 Å². The molecule has 0 aliphatic heterocycles. The lowest BCUT2D eigenvalue weighted by Crippen LogP contribution is -2.62. The molecular weight excluding hydrogens is 281 g/mol. The second-order valence-corrected chi connectivity index (χ2v) is 5.73. The summed E-state index contributed by atoms with van der Waals surface area (Å²) in [6.07, 6.45) is -1.48. The molecule has 3 aliphatic carbocycles. The molecule has 3 rings (SSSR count). The van der Waals surface area contributed by atoms with E-state index in [1.54, 1.807) is 0 Å². The number of Topliss-reactive ketones (excluding diaryl/α,β-unsaturated/α-hetero) is 1. The van der Waals surface area contributed by atoms with Crippen LogP contribution in [0.1, 0.15) is 19.8 Å². The minimum atomic E-state index is -5.27. The third kappa shape index (κ3) is 0.852. The molecule has 0 aromatic carbocycles. The molecule has 0 amide bonds. The normalized spacial score (nSPS) is 57.6. The van der Waals surface area contributed by atoms with Crippen molar-refractivity contribution >= 4 is 5.78 Å². The summed E-state index contributed by atoms with van der Waals surface area (Å²) in [5.74, 6) is -15.6. The number of alkyl halides is 7. The van der Waals surface area contributed by atoms with Crippen molar-refractivity contribution in [2.45, 2.75) is 48.6 Å². The maximum Gasteiger partial charge on any atom is 0.324 e. The van der Waals surface area contributed by atoms with E-state index in [4.69, 9.17) is 0 Å². The fourth-order valence-corrected chi connectivity index (χ4v) is 3.93. The van der Waals surface area contributed by atoms with Crippen LogP contribution in [0.15, 0.2) is 0 Å². The Morgan fingerprint density at radius 2 is 1.42 bits per heavy atom. The van der Waals surface area contributed by atoms with Crippen LogP contribution in [-0.4, -0.2) is 34.6 Å². The summed E-state index contributed by atoms with van der Waals surface area (Å²) in [6.45, 7) is -0.210. The Balaban J connectivity index is 2.34. The van der Waals surface area contributed by atoms with Crippen LogP contribution in [0.4, 0.5) is 30.7 Å². The summed E-state index contributed by atoms with van der Waals surface area (Å²) in [6, 6.07) is 0. The van der Waals surface area contributed by atoms with Gasteiger partial charge in [0.15, 0.2) is 0 Å². The lowest BCUT2D eigenvalue weighted by Gasteiger charge is -2.39. The van der Waals surface area contributed by atoms with Gasteiger partial charge < -0.3 is 0 Å². The van der Waals surface area contributed by atoms with E-state index >= 15 is 0 Å². The van der Waals surface area contributed by atoms with Crippen LogP contribution in [0, 0.1) is 11.8 Å². The van der Waals surface area contributed by atoms with Gasteiger partial charge in [0, 0.05) is 12.3 Å². The second-order valence-electron chi connectivity index (χ2n) is 5.73. The third-order valence-corrected chi connectivity index (χ3v) is 5.02. The van der Waals surface area contributed by atoms with Crippen molar-refractivity contribution in [1.82, 2.24) is 0 Å². The van der Waals surface area contributed by atoms with Crippen molar-refractivity contribution in [1.29, 1.82) is 0 Å². The van der Waals surface area contributed by atoms with Crippen molar-refractivity contribution in [2.75, 3.05) is 0 Å². The van der Waals surface area contributed by atoms with Gasteiger partial charge >= 0.3 is 11.8 Å². The SMILES string of the molecule is CC1(F)C(F)(F)C2(F)C3CC(=O)C(C3)C2(F)C1(F)F. The highest BCUT2D eigenvalue weighted by atomic mass is 19.3. The van der Waals surface area contributed by atoms with E-state index in [1.807, 2.05) is 0 Å². The average Bonchev–Trinajstić information content (AvgIpc) is 2.77. The lowest BCUT2D eigenvalue weighted by atomic mass is 9.74. The van der Waals surface area contributed by atoms with Crippen molar-refractivity contribution < 1.29 is 35.5 Å². The first-order valence-corrected chi connectivity index (χ1v) is 5.72. The number of hydrogen-bond donors (Lipinski definition) is 0. The molecule has 19 heavy (non-hydrogen) atoms. The molecule has 0 N–H and O–H groups in total. The maximum absolute atomic E-state index is 14.5. The molecule has 3 saturated carbocycles. The molecule has 3 aliphatic rings. The summed E-state index contributed by atoms with van der Waals surface area (Å²) in [7, 11) is 0. The number of carbonyl (C=O) groups excluding carboxylic acids is 1. The monoisotopic (exact) mass is 290 g/mol. The molecule has 0 spiro atoms. The van der Waals surface area contributed by atoms with Crippen LogP contribution in [0.5, 0.6) is 0 Å². The van der Waals surface area contributed by atoms with E-state index in [0.717, 1.165) is 0 Å². The van der Waals surface area contributed by atoms with Crippen LogP contribution in [0.3, 0.4) is 0 Å². The topological polar surface area (TPSA) is 17.1 Å². The molecule has 3 fully saturated rings. The molecule has 1 nitrogen and oxygen atoms in total. The first kappa shape index (κ1) is 13.2. The van der Waals surface area contributed by atoms with Crippen LogP contribution in [0.25, 0.3) is 0 Å². The van der Waals surface area contributed by atoms with Gasteiger partial charge in [0.25, 0.3) is 0 Å². The first-order valence-electron chi connectivity index (χ1n) is 5.72. The third-order valence-electron chi connectivity index (χ3n) is 5.02. The number of carbonyl (C=O) groups is 1. The number of rotatable bonds is 0. The fraction of sp³-hybridized carbons (Fsp3) is 0.909. The van der Waals surface area contributed by atoms with Crippen molar-refractivity contribution in [2.24, 2.45) is 11.8 Å². The van der Waals surface area contributed by atoms with Crippen LogP contribution in [-0.2, 0) is 4.79 Å². The van der Waals surface area contributed by atoms with E-state index in [-0.39, 0.29) is 6.92 Å². The molecule has 0 radical (unpaired) electrons. The molecule has 0 heterocycles. The van der Waals surface area contributed by atoms with E-state index in [1.165, 1.54) is 0 Å². The highest BCUT2D eigenvalue weighted by molar-refractivity contribution is 5.88. The molecule has 108 valence electrons. The highest BCUT2D eigenvalue weighted by Crippen LogP contribution is 2.78. The number of hydrogen-bond acceptors (Lipinski definition) is 1. The quantitative estimate of drug-likeness (QED) is 0.627. The van der Waals surface area contributed by atoms with E-state index < -0.39 is 59.3 Å². The molecule has 0 saturated heterocycles. The zero-order chi connectivity index (χ0) is 14.6. The Morgan fingerprint density at radius 3 is 1.95 bits per heavy atom. The molecule has 0 aromatic heterocycles. The zero-order valence-electron chi connectivity index (χ0n) is 9.62. The number of fused-ring (bicyclic) bond motifs is 5. The number of ketones is 1. The van der Waals surface area contributed by atoms with E-state index in [2.05, 4.69) is 0 Å². The molecule has 8 heteroatoms. The summed E-state index contributed by atoms with van der Waals surface area (Å²) in [5, 5.41) is 0. The predicted octanol–water partition coefficient (Wildman–Crippen LogP) is 3.02. The van der Waals surface area contributed by atoms with Gasteiger partial charge in [-0.2, -0.15) is 17.6 Å². The molecule has 5 atom stereocenters. The zero-order valence-corrected chi connectivity index (χ0v) is 9.62. The predicted molar refractivity (Wildman–Crippen MR) is 48.3 cm³/mol. The summed E-state index contributed by atoms with van der Waals surface area (Å²) >= 11 is 0. The minimum absolute atomic E-state index is 0.210. The van der Waals surface area contributed by atoms with E-state index in [0.29, 0.717) is 0 Å². The van der Waals surface area contributed by atoms with Crippen LogP contribution < -0.4 is 0 Å². The molecular formula is C11H9F7O. The van der Waals surface area contributed by atoms with Crippen molar-refractivity contribution in [3.8, 4) is 0 Å². The average molecular weight is 290 g/mol. The molecule has 0 aromatic rings. The minimum Gasteiger partial charge on any atom is -0.299 e. The van der Waals surface area contributed by atoms with Crippen molar-refractivity contribution in [3.05, 3.63) is 0 Å². The summed E-state index contributed by atoms with van der Waals surface area (Å²) < 4.78 is 98.1. The Bertz CT molecular complexity index is 487. The highest BCUT2D eigenvalue weighted by Gasteiger charge is 3.01. The Labute approximate surface area is 103 Å². The van der Waals surface area contributed by atoms with Crippen molar-refractivity contribution in [3.63, 3.8) is 0 Å². The molecule has 5 unspecified atom stereocenters. The lowest BCUT2D eigenvalue weighted by molar-refractivity contribution is -0.228. The standard InChI is InChI=1S/C11H9F7O/c1-7(12)10(15,16)8(13)4-2-5(6(19)3-4)9(8,14)11(7,17)18/h4-5H,2-3H2,1H3. The van der Waals surface area contributed by atoms with Gasteiger partial charge in [0.1, 0.15) is 5.78 Å². The number of halogens is 7. The largest absolute Gasteiger partial charge is 0.324 e. The Kier molecular flexibility index (Phi) is 1.93. The fourth-order valence-electron chi connectivity index (χ4n) is 3.93. The molecule has 2 bridgehead atoms. The summed E-state index contributed by atoms with van der Waals surface area (Å²) in [5.41, 5.74) is -13.5. The van der Waals surface area contributed by atoms with Gasteiger partial charge in [-0.3, -0.25) is 4.79 Å². The van der Waals surface area contributed by atoms with Gasteiger partial charge in [-0.1, -0.05) is 0 Å².